The summed E-state index contributed by atoms with van der Waals surface area (Å²) in [7, 11) is 1.61. The summed E-state index contributed by atoms with van der Waals surface area (Å²) in [6.45, 7) is 1.11. The molecule has 0 bridgehead atoms. The lowest BCUT2D eigenvalue weighted by atomic mass is 10.2. The van der Waals surface area contributed by atoms with E-state index >= 15 is 0 Å². The summed E-state index contributed by atoms with van der Waals surface area (Å²) in [6, 6.07) is 12.5. The highest BCUT2D eigenvalue weighted by Crippen LogP contribution is 2.34. The molecule has 27 heavy (non-hydrogen) atoms. The molecule has 0 radical (unpaired) electrons. The molecule has 140 valence electrons. The Morgan fingerprint density at radius 3 is 2.63 bits per heavy atom. The van der Waals surface area contributed by atoms with E-state index in [0.29, 0.717) is 23.8 Å². The van der Waals surface area contributed by atoms with Crippen LogP contribution >= 0.6 is 0 Å². The molecule has 0 spiro atoms. The molecule has 2 aromatic carbocycles. The Kier molecular flexibility index (Phi) is 6.26. The number of carbonyl (C=O) groups excluding carboxylic acids is 1. The molecule has 0 fully saturated rings. The predicted octanol–water partition coefficient (Wildman–Crippen LogP) is 2.31. The first kappa shape index (κ1) is 18.3. The summed E-state index contributed by atoms with van der Waals surface area (Å²) in [5.41, 5.74) is 0.981. The third-order valence-corrected chi connectivity index (χ3v) is 3.73. The lowest BCUT2D eigenvalue weighted by Gasteiger charge is -2.06. The van der Waals surface area contributed by atoms with E-state index in [1.54, 1.807) is 25.3 Å². The van der Waals surface area contributed by atoms with Gasteiger partial charge in [0.25, 0.3) is 0 Å². The summed E-state index contributed by atoms with van der Waals surface area (Å²) < 4.78 is 21.1. The molecule has 0 aliphatic carbocycles. The van der Waals surface area contributed by atoms with Crippen molar-refractivity contribution < 1.29 is 23.7 Å². The van der Waals surface area contributed by atoms with Gasteiger partial charge in [0.1, 0.15) is 18.1 Å². The molecule has 7 nitrogen and oxygen atoms in total. The van der Waals surface area contributed by atoms with Gasteiger partial charge in [-0.25, -0.2) is 4.79 Å². The fourth-order valence-corrected chi connectivity index (χ4v) is 2.31. The summed E-state index contributed by atoms with van der Waals surface area (Å²) in [6.07, 6.45) is 0. The average molecular weight is 368 g/mol. The summed E-state index contributed by atoms with van der Waals surface area (Å²) in [5.74, 6) is 8.48. The third kappa shape index (κ3) is 5.47. The Morgan fingerprint density at radius 1 is 1.04 bits per heavy atom. The predicted molar refractivity (Wildman–Crippen MR) is 99.1 cm³/mol. The maximum atomic E-state index is 11.7. The molecular weight excluding hydrogens is 348 g/mol. The van der Waals surface area contributed by atoms with Gasteiger partial charge in [-0.2, -0.15) is 0 Å². The number of benzene rings is 2. The minimum Gasteiger partial charge on any atom is -0.497 e. The van der Waals surface area contributed by atoms with Crippen LogP contribution in [0.2, 0.25) is 0 Å². The van der Waals surface area contributed by atoms with Crippen LogP contribution in [0.5, 0.6) is 23.0 Å². The quantitative estimate of drug-likeness (QED) is 0.765. The lowest BCUT2D eigenvalue weighted by Crippen LogP contribution is -2.35. The summed E-state index contributed by atoms with van der Waals surface area (Å²) in [5, 5.41) is 5.43. The van der Waals surface area contributed by atoms with Crippen LogP contribution in [0.3, 0.4) is 0 Å². The van der Waals surface area contributed by atoms with Crippen LogP contribution in [0.1, 0.15) is 5.56 Å². The van der Waals surface area contributed by atoms with E-state index in [-0.39, 0.29) is 26.0 Å². The van der Waals surface area contributed by atoms with Crippen molar-refractivity contribution in [1.29, 1.82) is 0 Å². The highest BCUT2D eigenvalue weighted by molar-refractivity contribution is 5.74. The number of fused-ring (bicyclic) bond motifs is 1. The summed E-state index contributed by atoms with van der Waals surface area (Å²) in [4.78, 5) is 11.7. The van der Waals surface area contributed by atoms with Crippen LogP contribution in [-0.2, 0) is 6.54 Å². The van der Waals surface area contributed by atoms with Crippen LogP contribution in [0.25, 0.3) is 0 Å². The molecule has 2 amide bonds. The molecular formula is C20H20N2O5. The number of hydrogen-bond donors (Lipinski definition) is 2. The fourth-order valence-electron chi connectivity index (χ4n) is 2.31. The van der Waals surface area contributed by atoms with E-state index < -0.39 is 0 Å². The molecule has 0 atom stereocenters. The fraction of sp³-hybridized carbons (Fsp3) is 0.250. The largest absolute Gasteiger partial charge is 0.497 e. The number of carbonyl (C=O) groups is 1. The number of amides is 2. The van der Waals surface area contributed by atoms with Crippen LogP contribution < -0.4 is 29.6 Å². The lowest BCUT2D eigenvalue weighted by molar-refractivity contribution is 0.174. The van der Waals surface area contributed by atoms with Crippen molar-refractivity contribution in [3.05, 3.63) is 48.0 Å². The highest BCUT2D eigenvalue weighted by atomic mass is 16.7. The Balaban J connectivity index is 1.32. The molecule has 0 aromatic heterocycles. The first-order chi connectivity index (χ1) is 13.2. The van der Waals surface area contributed by atoms with E-state index in [2.05, 4.69) is 22.5 Å². The van der Waals surface area contributed by atoms with Gasteiger partial charge in [-0.05, 0) is 29.8 Å². The number of ether oxygens (including phenoxy) is 4. The second-order valence-electron chi connectivity index (χ2n) is 5.54. The zero-order valence-electron chi connectivity index (χ0n) is 14.9. The number of rotatable bonds is 6. The smallest absolute Gasteiger partial charge is 0.315 e. The van der Waals surface area contributed by atoms with Gasteiger partial charge in [0.2, 0.25) is 6.79 Å². The Bertz CT molecular complexity index is 840. The molecule has 2 aromatic rings. The van der Waals surface area contributed by atoms with Gasteiger partial charge in [0.05, 0.1) is 13.7 Å². The van der Waals surface area contributed by atoms with Crippen LogP contribution in [0, 0.1) is 11.8 Å². The molecule has 1 aliphatic rings. The maximum Gasteiger partial charge on any atom is 0.315 e. The SMILES string of the molecule is COc1ccc(CNC(=O)NCC#CCOc2ccc3c(c2)OCO3)cc1. The molecule has 0 saturated heterocycles. The van der Waals surface area contributed by atoms with Gasteiger partial charge < -0.3 is 29.6 Å². The van der Waals surface area contributed by atoms with Crippen molar-refractivity contribution in [2.45, 2.75) is 6.54 Å². The molecule has 3 rings (SSSR count). The van der Waals surface area contributed by atoms with Crippen molar-refractivity contribution in [1.82, 2.24) is 10.6 Å². The minimum atomic E-state index is -0.281. The zero-order chi connectivity index (χ0) is 18.9. The molecule has 7 heteroatoms. The average Bonchev–Trinajstić information content (AvgIpc) is 3.17. The van der Waals surface area contributed by atoms with E-state index in [4.69, 9.17) is 18.9 Å². The van der Waals surface area contributed by atoms with Crippen LogP contribution in [-0.4, -0.2) is 33.1 Å². The number of methoxy groups -OCH3 is 1. The Labute approximate surface area is 157 Å². The topological polar surface area (TPSA) is 78.1 Å². The van der Waals surface area contributed by atoms with E-state index in [9.17, 15) is 4.79 Å². The van der Waals surface area contributed by atoms with Gasteiger partial charge >= 0.3 is 6.03 Å². The van der Waals surface area contributed by atoms with Crippen LogP contribution in [0.15, 0.2) is 42.5 Å². The molecule has 2 N–H and O–H groups in total. The normalized spacial score (nSPS) is 11.1. The van der Waals surface area contributed by atoms with E-state index in [0.717, 1.165) is 11.3 Å². The van der Waals surface area contributed by atoms with E-state index in [1.807, 2.05) is 24.3 Å². The van der Waals surface area contributed by atoms with Crippen molar-refractivity contribution in [2.75, 3.05) is 27.1 Å². The van der Waals surface area contributed by atoms with Gasteiger partial charge in [0, 0.05) is 12.6 Å². The van der Waals surface area contributed by atoms with Gasteiger partial charge in [-0.15, -0.1) is 0 Å². The van der Waals surface area contributed by atoms with Crippen molar-refractivity contribution in [3.8, 4) is 34.8 Å². The number of urea groups is 1. The molecule has 0 saturated carbocycles. The van der Waals surface area contributed by atoms with Crippen LogP contribution in [0.4, 0.5) is 4.79 Å². The molecule has 1 aliphatic heterocycles. The second kappa shape index (κ2) is 9.25. The van der Waals surface area contributed by atoms with Gasteiger partial charge in [0.15, 0.2) is 11.5 Å². The Hall–Kier alpha value is -3.53. The highest BCUT2D eigenvalue weighted by Gasteiger charge is 2.13. The van der Waals surface area contributed by atoms with Crippen molar-refractivity contribution >= 4 is 6.03 Å². The van der Waals surface area contributed by atoms with E-state index in [1.165, 1.54) is 0 Å². The zero-order valence-corrected chi connectivity index (χ0v) is 14.9. The third-order valence-electron chi connectivity index (χ3n) is 3.73. The first-order valence-electron chi connectivity index (χ1n) is 8.37. The summed E-state index contributed by atoms with van der Waals surface area (Å²) >= 11 is 0. The first-order valence-corrected chi connectivity index (χ1v) is 8.37. The van der Waals surface area contributed by atoms with Crippen molar-refractivity contribution in [2.24, 2.45) is 0 Å². The van der Waals surface area contributed by atoms with Crippen molar-refractivity contribution in [3.63, 3.8) is 0 Å². The van der Waals surface area contributed by atoms with Gasteiger partial charge in [-0.1, -0.05) is 24.0 Å². The second-order valence-corrected chi connectivity index (χ2v) is 5.54. The monoisotopic (exact) mass is 368 g/mol. The molecule has 0 unspecified atom stereocenters. The maximum absolute atomic E-state index is 11.7. The standard InChI is InChI=1S/C20H20N2O5/c1-24-16-6-4-15(5-7-16)13-22-20(23)21-10-2-3-11-25-17-8-9-18-19(12-17)27-14-26-18/h4-9,12H,10-11,13-14H2,1H3,(H2,21,22,23). The molecule has 1 heterocycles. The number of hydrogen-bond acceptors (Lipinski definition) is 5. The van der Waals surface area contributed by atoms with Gasteiger partial charge in [-0.3, -0.25) is 0 Å². The number of nitrogens with one attached hydrogen (secondary N) is 2. The minimum absolute atomic E-state index is 0.217. The Morgan fingerprint density at radius 2 is 1.81 bits per heavy atom.